The molecule has 1 atom stereocenters. The third-order valence-electron chi connectivity index (χ3n) is 3.69. The molecule has 1 N–H and O–H groups in total. The normalized spacial score (nSPS) is 18.8. The molecule has 0 aliphatic carbocycles. The van der Waals surface area contributed by atoms with Crippen LogP contribution in [-0.2, 0) is 0 Å². The average molecular weight is 286 g/mol. The van der Waals surface area contributed by atoms with Crippen molar-refractivity contribution in [2.24, 2.45) is 0 Å². The van der Waals surface area contributed by atoms with E-state index in [0.717, 1.165) is 24.1 Å². The summed E-state index contributed by atoms with van der Waals surface area (Å²) in [5.41, 5.74) is 2.34. The van der Waals surface area contributed by atoms with Crippen molar-refractivity contribution in [3.8, 4) is 5.69 Å². The summed E-state index contributed by atoms with van der Waals surface area (Å²) >= 11 is 0. The van der Waals surface area contributed by atoms with E-state index in [-0.39, 0.29) is 5.91 Å². The quantitative estimate of drug-likeness (QED) is 0.899. The van der Waals surface area contributed by atoms with Crippen LogP contribution >= 0.6 is 0 Å². The van der Waals surface area contributed by atoms with Crippen LogP contribution in [0.4, 0.5) is 0 Å². The van der Waals surface area contributed by atoms with Crippen molar-refractivity contribution in [2.45, 2.75) is 25.9 Å². The minimum Gasteiger partial charge on any atom is -0.391 e. The number of nitrogens with zero attached hydrogens (tertiary/aromatic N) is 4. The summed E-state index contributed by atoms with van der Waals surface area (Å²) < 4.78 is 1.59. The molecule has 1 aliphatic rings. The van der Waals surface area contributed by atoms with E-state index in [9.17, 15) is 9.90 Å². The number of aliphatic hydroxyl groups excluding tert-OH is 1. The highest BCUT2D eigenvalue weighted by Crippen LogP contribution is 2.14. The fourth-order valence-corrected chi connectivity index (χ4v) is 2.49. The van der Waals surface area contributed by atoms with Crippen LogP contribution in [0.1, 0.15) is 28.9 Å². The van der Waals surface area contributed by atoms with Crippen molar-refractivity contribution in [1.29, 1.82) is 0 Å². The van der Waals surface area contributed by atoms with Gasteiger partial charge in [0.05, 0.1) is 18.0 Å². The standard InChI is InChI=1S/C15H18N4O2/c1-11-4-6-12(7-5-11)19-10-14(16-17-19)15(21)18-8-2-3-13(20)9-18/h4-7,10,13,20H,2-3,8-9H2,1H3/t13-/m0/s1. The van der Waals surface area contributed by atoms with E-state index in [1.807, 2.05) is 31.2 Å². The number of likely N-dealkylation sites (tertiary alicyclic amines) is 1. The molecular formula is C15H18N4O2. The highest BCUT2D eigenvalue weighted by atomic mass is 16.3. The van der Waals surface area contributed by atoms with Crippen LogP contribution in [0.15, 0.2) is 30.5 Å². The van der Waals surface area contributed by atoms with Gasteiger partial charge in [0.2, 0.25) is 0 Å². The second-order valence-corrected chi connectivity index (χ2v) is 5.43. The van der Waals surface area contributed by atoms with E-state index in [4.69, 9.17) is 0 Å². The molecule has 0 spiro atoms. The van der Waals surface area contributed by atoms with Gasteiger partial charge in [0.25, 0.3) is 5.91 Å². The van der Waals surface area contributed by atoms with Crippen LogP contribution in [0.2, 0.25) is 0 Å². The molecule has 1 fully saturated rings. The van der Waals surface area contributed by atoms with Crippen molar-refractivity contribution < 1.29 is 9.90 Å². The van der Waals surface area contributed by atoms with Gasteiger partial charge >= 0.3 is 0 Å². The number of aryl methyl sites for hydroxylation is 1. The first-order valence-corrected chi connectivity index (χ1v) is 7.10. The van der Waals surface area contributed by atoms with Crippen molar-refractivity contribution in [3.63, 3.8) is 0 Å². The van der Waals surface area contributed by atoms with Crippen LogP contribution in [0.3, 0.4) is 0 Å². The van der Waals surface area contributed by atoms with Gasteiger partial charge in [0.1, 0.15) is 0 Å². The number of amides is 1. The van der Waals surface area contributed by atoms with Gasteiger partial charge in [-0.3, -0.25) is 4.79 Å². The van der Waals surface area contributed by atoms with Crippen LogP contribution in [0, 0.1) is 6.92 Å². The van der Waals surface area contributed by atoms with Crippen molar-refractivity contribution in [3.05, 3.63) is 41.7 Å². The van der Waals surface area contributed by atoms with Gasteiger partial charge in [-0.1, -0.05) is 22.9 Å². The molecule has 1 aromatic carbocycles. The average Bonchev–Trinajstić information content (AvgIpc) is 2.97. The lowest BCUT2D eigenvalue weighted by Crippen LogP contribution is -2.42. The van der Waals surface area contributed by atoms with Crippen molar-refractivity contribution in [1.82, 2.24) is 19.9 Å². The number of rotatable bonds is 2. The molecule has 1 saturated heterocycles. The highest BCUT2D eigenvalue weighted by Gasteiger charge is 2.25. The molecule has 2 heterocycles. The highest BCUT2D eigenvalue weighted by molar-refractivity contribution is 5.92. The van der Waals surface area contributed by atoms with Gasteiger partial charge in [-0.25, -0.2) is 4.68 Å². The maximum atomic E-state index is 12.3. The Bertz CT molecular complexity index is 635. The Labute approximate surface area is 123 Å². The van der Waals surface area contributed by atoms with Crippen molar-refractivity contribution in [2.75, 3.05) is 13.1 Å². The molecule has 1 aromatic heterocycles. The molecular weight excluding hydrogens is 268 g/mol. The minimum absolute atomic E-state index is 0.174. The van der Waals surface area contributed by atoms with Crippen LogP contribution < -0.4 is 0 Å². The Kier molecular flexibility index (Phi) is 3.70. The third kappa shape index (κ3) is 2.95. The Morgan fingerprint density at radius 2 is 2.10 bits per heavy atom. The summed E-state index contributed by atoms with van der Waals surface area (Å²) in [6.45, 7) is 3.05. The van der Waals surface area contributed by atoms with Gasteiger partial charge < -0.3 is 10.0 Å². The van der Waals surface area contributed by atoms with E-state index >= 15 is 0 Å². The predicted octanol–water partition coefficient (Wildman–Crippen LogP) is 1.17. The molecule has 110 valence electrons. The Balaban J connectivity index is 1.78. The number of aliphatic hydroxyl groups is 1. The second kappa shape index (κ2) is 5.65. The zero-order valence-electron chi connectivity index (χ0n) is 11.9. The lowest BCUT2D eigenvalue weighted by atomic mass is 10.1. The number of carbonyl (C=O) groups is 1. The molecule has 0 unspecified atom stereocenters. The minimum atomic E-state index is -0.435. The number of piperidine rings is 1. The summed E-state index contributed by atoms with van der Waals surface area (Å²) in [5, 5.41) is 17.6. The number of hydrogen-bond acceptors (Lipinski definition) is 4. The number of benzene rings is 1. The first-order chi connectivity index (χ1) is 10.1. The Hall–Kier alpha value is -2.21. The fraction of sp³-hybridized carbons (Fsp3) is 0.400. The summed E-state index contributed by atoms with van der Waals surface area (Å²) in [5.74, 6) is -0.174. The topological polar surface area (TPSA) is 71.2 Å². The monoisotopic (exact) mass is 286 g/mol. The summed E-state index contributed by atoms with van der Waals surface area (Å²) in [6, 6.07) is 7.84. The summed E-state index contributed by atoms with van der Waals surface area (Å²) in [7, 11) is 0. The number of hydrogen-bond donors (Lipinski definition) is 1. The van der Waals surface area contributed by atoms with Gasteiger partial charge in [0, 0.05) is 13.1 Å². The molecule has 0 bridgehead atoms. The van der Waals surface area contributed by atoms with Gasteiger partial charge in [-0.05, 0) is 31.9 Å². The van der Waals surface area contributed by atoms with Crippen LogP contribution in [0.5, 0.6) is 0 Å². The van der Waals surface area contributed by atoms with E-state index in [1.165, 1.54) is 0 Å². The molecule has 0 saturated carbocycles. The maximum Gasteiger partial charge on any atom is 0.276 e. The molecule has 0 radical (unpaired) electrons. The zero-order chi connectivity index (χ0) is 14.8. The molecule has 6 heteroatoms. The van der Waals surface area contributed by atoms with Crippen molar-refractivity contribution >= 4 is 5.91 Å². The molecule has 6 nitrogen and oxygen atoms in total. The zero-order valence-corrected chi connectivity index (χ0v) is 11.9. The van der Waals surface area contributed by atoms with E-state index < -0.39 is 6.10 Å². The SMILES string of the molecule is Cc1ccc(-n2cc(C(=O)N3CCC[C@H](O)C3)nn2)cc1. The number of aromatic nitrogens is 3. The molecule has 3 rings (SSSR count). The first kappa shape index (κ1) is 13.8. The van der Waals surface area contributed by atoms with Crippen LogP contribution in [0.25, 0.3) is 5.69 Å². The first-order valence-electron chi connectivity index (χ1n) is 7.10. The fourth-order valence-electron chi connectivity index (χ4n) is 2.49. The predicted molar refractivity (Wildman–Crippen MR) is 77.2 cm³/mol. The van der Waals surface area contributed by atoms with Gasteiger partial charge in [0.15, 0.2) is 5.69 Å². The summed E-state index contributed by atoms with van der Waals surface area (Å²) in [6.07, 6.45) is 2.77. The smallest absolute Gasteiger partial charge is 0.276 e. The molecule has 21 heavy (non-hydrogen) atoms. The molecule has 1 aliphatic heterocycles. The second-order valence-electron chi connectivity index (χ2n) is 5.43. The maximum absolute atomic E-state index is 12.3. The number of β-amino-alcohol motifs (C(OH)–C–C–N with tert-alkyl or cyclic N) is 1. The summed E-state index contributed by atoms with van der Waals surface area (Å²) in [4.78, 5) is 14.0. The van der Waals surface area contributed by atoms with E-state index in [0.29, 0.717) is 18.8 Å². The van der Waals surface area contributed by atoms with Gasteiger partial charge in [-0.2, -0.15) is 0 Å². The largest absolute Gasteiger partial charge is 0.391 e. The lowest BCUT2D eigenvalue weighted by Gasteiger charge is -2.29. The Morgan fingerprint density at radius 3 is 2.81 bits per heavy atom. The Morgan fingerprint density at radius 1 is 1.33 bits per heavy atom. The molecule has 2 aromatic rings. The van der Waals surface area contributed by atoms with Crippen LogP contribution in [-0.4, -0.2) is 50.1 Å². The van der Waals surface area contributed by atoms with Gasteiger partial charge in [-0.15, -0.1) is 5.10 Å². The number of carbonyl (C=O) groups excluding carboxylic acids is 1. The molecule has 1 amide bonds. The third-order valence-corrected chi connectivity index (χ3v) is 3.69. The van der Waals surface area contributed by atoms with E-state index in [2.05, 4.69) is 10.3 Å². The van der Waals surface area contributed by atoms with E-state index in [1.54, 1.807) is 15.8 Å². The lowest BCUT2D eigenvalue weighted by molar-refractivity contribution is 0.0469.